The second-order valence-corrected chi connectivity index (χ2v) is 9.16. The van der Waals surface area contributed by atoms with Crippen molar-refractivity contribution in [3.8, 4) is 0 Å². The van der Waals surface area contributed by atoms with Crippen molar-refractivity contribution in [2.75, 3.05) is 7.11 Å². The van der Waals surface area contributed by atoms with Gasteiger partial charge in [-0.1, -0.05) is 58.9 Å². The van der Waals surface area contributed by atoms with Crippen LogP contribution in [0.4, 0.5) is 0 Å². The molecule has 0 aromatic rings. The van der Waals surface area contributed by atoms with E-state index in [0.29, 0.717) is 18.3 Å². The number of methoxy groups -OCH3 is 1. The van der Waals surface area contributed by atoms with Crippen LogP contribution in [0.15, 0.2) is 24.3 Å². The molecular weight excluding hydrogens is 404 g/mol. The first-order chi connectivity index (χ1) is 14.8. The molecule has 0 aliphatic heterocycles. The molecule has 5 heteroatoms. The molecule has 2 rings (SSSR count). The minimum Gasteiger partial charge on any atom is -0.481 e. The first kappa shape index (κ1) is 30.4. The van der Waals surface area contributed by atoms with Crippen molar-refractivity contribution in [2.45, 2.75) is 98.5 Å². The molecular formula is C27H48O5. The Kier molecular flexibility index (Phi) is 16.1. The summed E-state index contributed by atoms with van der Waals surface area (Å²) in [6, 6.07) is 0. The Balaban J connectivity index is 0.000000584. The third-order valence-electron chi connectivity index (χ3n) is 6.98. The van der Waals surface area contributed by atoms with Gasteiger partial charge in [-0.3, -0.25) is 9.59 Å². The number of aliphatic carboxylic acids is 1. The summed E-state index contributed by atoms with van der Waals surface area (Å²) in [5.41, 5.74) is 0. The molecule has 0 saturated heterocycles. The van der Waals surface area contributed by atoms with Crippen LogP contribution in [0.5, 0.6) is 0 Å². The van der Waals surface area contributed by atoms with Crippen molar-refractivity contribution >= 4 is 11.9 Å². The Morgan fingerprint density at radius 2 is 1.41 bits per heavy atom. The number of esters is 1. The van der Waals surface area contributed by atoms with Crippen LogP contribution in [0.1, 0.15) is 92.4 Å². The first-order valence-electron chi connectivity index (χ1n) is 12.1. The molecule has 2 N–H and O–H groups in total. The number of hydrogen-bond donors (Lipinski definition) is 2. The molecule has 32 heavy (non-hydrogen) atoms. The fourth-order valence-corrected chi connectivity index (χ4v) is 5.14. The lowest BCUT2D eigenvalue weighted by atomic mass is 9.85. The summed E-state index contributed by atoms with van der Waals surface area (Å²) in [5, 5.41) is 18.5. The number of aliphatic hydroxyl groups is 1. The van der Waals surface area contributed by atoms with E-state index in [4.69, 9.17) is 9.84 Å². The highest BCUT2D eigenvalue weighted by atomic mass is 16.5. The third kappa shape index (κ3) is 10.8. The number of carbonyl (C=O) groups is 2. The predicted molar refractivity (Wildman–Crippen MR) is 131 cm³/mol. The standard InChI is InChI=1S/C14H24O2.C12H20O3.CH4/c1-4-5-6-7-13-11(2)8-9-12(13)10-14(15)16-3;1-2-3-4-5-10-9(8-12(14)15)6-7-11(10)13;/h5-6,11-13H,4,7-10H2,1-3H3;3-4,9-11,13H,2,5-8H2,1H3,(H,14,15);1H4/b6-5-;4-3-;. The lowest BCUT2D eigenvalue weighted by molar-refractivity contribution is -0.142. The van der Waals surface area contributed by atoms with E-state index in [0.717, 1.165) is 44.4 Å². The van der Waals surface area contributed by atoms with Crippen LogP contribution in [-0.4, -0.2) is 35.4 Å². The van der Waals surface area contributed by atoms with Gasteiger partial charge in [0.1, 0.15) is 0 Å². The average molecular weight is 453 g/mol. The predicted octanol–water partition coefficient (Wildman–Crippen LogP) is 6.41. The molecule has 0 bridgehead atoms. The number of allylic oxidation sites excluding steroid dienone is 4. The van der Waals surface area contributed by atoms with E-state index in [9.17, 15) is 14.7 Å². The van der Waals surface area contributed by atoms with Gasteiger partial charge < -0.3 is 14.9 Å². The van der Waals surface area contributed by atoms with Crippen molar-refractivity contribution in [3.63, 3.8) is 0 Å². The highest BCUT2D eigenvalue weighted by Crippen LogP contribution is 2.41. The first-order valence-corrected chi connectivity index (χ1v) is 12.1. The van der Waals surface area contributed by atoms with Gasteiger partial charge >= 0.3 is 11.9 Å². The van der Waals surface area contributed by atoms with Gasteiger partial charge in [0.05, 0.1) is 13.2 Å². The van der Waals surface area contributed by atoms with Crippen LogP contribution >= 0.6 is 0 Å². The molecule has 0 spiro atoms. The van der Waals surface area contributed by atoms with Crippen LogP contribution in [0.25, 0.3) is 0 Å². The van der Waals surface area contributed by atoms with Gasteiger partial charge in [0, 0.05) is 12.8 Å². The minimum absolute atomic E-state index is 0. The molecule has 2 fully saturated rings. The van der Waals surface area contributed by atoms with Gasteiger partial charge in [-0.15, -0.1) is 0 Å². The molecule has 0 radical (unpaired) electrons. The molecule has 5 nitrogen and oxygen atoms in total. The summed E-state index contributed by atoms with van der Waals surface area (Å²) in [6.45, 7) is 6.53. The highest BCUT2D eigenvalue weighted by molar-refractivity contribution is 5.69. The Labute approximate surface area is 196 Å². The molecule has 2 aliphatic carbocycles. The zero-order valence-electron chi connectivity index (χ0n) is 20.0. The smallest absolute Gasteiger partial charge is 0.305 e. The molecule has 2 aliphatic rings. The lowest BCUT2D eigenvalue weighted by Gasteiger charge is -2.20. The lowest BCUT2D eigenvalue weighted by Crippen LogP contribution is -2.20. The molecule has 0 heterocycles. The molecule has 0 aromatic heterocycles. The summed E-state index contributed by atoms with van der Waals surface area (Å²) in [7, 11) is 1.48. The topological polar surface area (TPSA) is 83.8 Å². The van der Waals surface area contributed by atoms with Crippen molar-refractivity contribution in [3.05, 3.63) is 24.3 Å². The number of carbonyl (C=O) groups excluding carboxylic acids is 1. The van der Waals surface area contributed by atoms with E-state index in [2.05, 4.69) is 45.1 Å². The fourth-order valence-electron chi connectivity index (χ4n) is 5.14. The molecule has 6 unspecified atom stereocenters. The van der Waals surface area contributed by atoms with E-state index < -0.39 is 5.97 Å². The van der Waals surface area contributed by atoms with Crippen LogP contribution in [0.2, 0.25) is 0 Å². The van der Waals surface area contributed by atoms with E-state index in [-0.39, 0.29) is 37.8 Å². The van der Waals surface area contributed by atoms with E-state index in [1.165, 1.54) is 20.0 Å². The van der Waals surface area contributed by atoms with Gasteiger partial charge in [0.2, 0.25) is 0 Å². The van der Waals surface area contributed by atoms with Crippen LogP contribution in [0.3, 0.4) is 0 Å². The Morgan fingerprint density at radius 1 is 0.875 bits per heavy atom. The molecule has 0 aromatic carbocycles. The minimum atomic E-state index is -0.751. The van der Waals surface area contributed by atoms with Gasteiger partial charge in [0.15, 0.2) is 0 Å². The SMILES string of the molecule is C.CC/C=C\CC1C(C)CCC1CC(=O)OC.CC/C=C\CC1C(O)CCC1CC(=O)O. The number of aliphatic hydroxyl groups excluding tert-OH is 1. The van der Waals surface area contributed by atoms with Gasteiger partial charge in [0.25, 0.3) is 0 Å². The largest absolute Gasteiger partial charge is 0.481 e. The zero-order chi connectivity index (χ0) is 23.2. The third-order valence-corrected chi connectivity index (χ3v) is 6.98. The monoisotopic (exact) mass is 452 g/mol. The molecule has 186 valence electrons. The molecule has 6 atom stereocenters. The molecule has 2 saturated carbocycles. The van der Waals surface area contributed by atoms with Gasteiger partial charge in [-0.25, -0.2) is 0 Å². The van der Waals surface area contributed by atoms with Gasteiger partial charge in [-0.05, 0) is 74.5 Å². The number of carboxylic acid groups (broad SMARTS) is 1. The summed E-state index contributed by atoms with van der Waals surface area (Å²) >= 11 is 0. The van der Waals surface area contributed by atoms with E-state index in [1.54, 1.807) is 0 Å². The number of hydrogen-bond acceptors (Lipinski definition) is 4. The van der Waals surface area contributed by atoms with Crippen LogP contribution < -0.4 is 0 Å². The Morgan fingerprint density at radius 3 is 1.94 bits per heavy atom. The van der Waals surface area contributed by atoms with Gasteiger partial charge in [-0.2, -0.15) is 0 Å². The second-order valence-electron chi connectivity index (χ2n) is 9.16. The summed E-state index contributed by atoms with van der Waals surface area (Å²) in [6.07, 6.45) is 17.2. The molecule has 0 amide bonds. The second kappa shape index (κ2) is 16.9. The Hall–Kier alpha value is -1.62. The van der Waals surface area contributed by atoms with Crippen LogP contribution in [-0.2, 0) is 14.3 Å². The highest BCUT2D eigenvalue weighted by Gasteiger charge is 2.35. The maximum absolute atomic E-state index is 11.3. The van der Waals surface area contributed by atoms with Crippen molar-refractivity contribution < 1.29 is 24.5 Å². The fraction of sp³-hybridized carbons (Fsp3) is 0.778. The van der Waals surface area contributed by atoms with E-state index >= 15 is 0 Å². The average Bonchev–Trinajstić information content (AvgIpc) is 3.25. The van der Waals surface area contributed by atoms with Crippen molar-refractivity contribution in [2.24, 2.45) is 29.6 Å². The Bertz CT molecular complexity index is 583. The quantitative estimate of drug-likeness (QED) is 0.295. The van der Waals surface area contributed by atoms with Crippen molar-refractivity contribution in [1.82, 2.24) is 0 Å². The summed E-state index contributed by atoms with van der Waals surface area (Å²) < 4.78 is 4.76. The number of rotatable bonds is 10. The maximum Gasteiger partial charge on any atom is 0.305 e. The van der Waals surface area contributed by atoms with Crippen LogP contribution in [0, 0.1) is 29.6 Å². The summed E-state index contributed by atoms with van der Waals surface area (Å²) in [4.78, 5) is 21.9. The maximum atomic E-state index is 11.3. The number of carboxylic acids is 1. The zero-order valence-corrected chi connectivity index (χ0v) is 20.0. The normalized spacial score (nSPS) is 29.5. The van der Waals surface area contributed by atoms with Crippen molar-refractivity contribution in [1.29, 1.82) is 0 Å². The number of ether oxygens (including phenoxy) is 1. The van der Waals surface area contributed by atoms with E-state index in [1.807, 2.05) is 0 Å². The summed E-state index contributed by atoms with van der Waals surface area (Å²) in [5.74, 6) is 1.44.